The number of para-hydroxylation sites is 1. The molecule has 1 aliphatic heterocycles. The van der Waals surface area contributed by atoms with Gasteiger partial charge in [-0.1, -0.05) is 18.2 Å². The first-order chi connectivity index (χ1) is 7.00. The molecule has 1 heterocycles. The smallest absolute Gasteiger partial charge is 0.307 e. The van der Waals surface area contributed by atoms with E-state index in [-0.39, 0.29) is 6.42 Å². The van der Waals surface area contributed by atoms with E-state index in [4.69, 9.17) is 9.84 Å². The number of carbonyl (C=O) groups is 1. The molecule has 0 aliphatic carbocycles. The third-order valence-electron chi connectivity index (χ3n) is 2.73. The van der Waals surface area contributed by atoms with Gasteiger partial charge in [0.2, 0.25) is 0 Å². The van der Waals surface area contributed by atoms with Gasteiger partial charge < -0.3 is 9.84 Å². The van der Waals surface area contributed by atoms with Crippen molar-refractivity contribution in [3.63, 3.8) is 0 Å². The molecule has 0 spiro atoms. The van der Waals surface area contributed by atoms with Crippen molar-refractivity contribution in [2.75, 3.05) is 0 Å². The second-order valence-corrected chi connectivity index (χ2v) is 4.36. The largest absolute Gasteiger partial charge is 0.486 e. The van der Waals surface area contributed by atoms with Crippen LogP contribution in [0.1, 0.15) is 24.5 Å². The number of carboxylic acid groups (broad SMARTS) is 1. The van der Waals surface area contributed by atoms with Crippen LogP contribution in [0, 0.1) is 6.92 Å². The Labute approximate surface area is 88.7 Å². The molecule has 3 nitrogen and oxygen atoms in total. The number of hydrogen-bond donors (Lipinski definition) is 1. The number of hydrogen-bond acceptors (Lipinski definition) is 2. The highest BCUT2D eigenvalue weighted by molar-refractivity contribution is 5.68. The molecule has 1 atom stereocenters. The van der Waals surface area contributed by atoms with E-state index in [0.29, 0.717) is 6.42 Å². The number of benzene rings is 1. The molecule has 0 fully saturated rings. The van der Waals surface area contributed by atoms with Crippen LogP contribution in [0.3, 0.4) is 0 Å². The Balaban J connectivity index is 2.28. The third kappa shape index (κ3) is 1.82. The molecular formula is C12H14O3. The summed E-state index contributed by atoms with van der Waals surface area (Å²) in [6.07, 6.45) is 0.720. The van der Waals surface area contributed by atoms with Gasteiger partial charge >= 0.3 is 5.97 Å². The van der Waals surface area contributed by atoms with Gasteiger partial charge in [0.25, 0.3) is 0 Å². The van der Waals surface area contributed by atoms with E-state index in [9.17, 15) is 4.79 Å². The third-order valence-corrected chi connectivity index (χ3v) is 2.73. The Morgan fingerprint density at radius 3 is 2.93 bits per heavy atom. The molecule has 1 unspecified atom stereocenters. The summed E-state index contributed by atoms with van der Waals surface area (Å²) in [7, 11) is 0. The SMILES string of the molecule is Cc1cccc2c1OC(C)(CC(=O)O)C2. The van der Waals surface area contributed by atoms with Gasteiger partial charge in [-0.25, -0.2) is 0 Å². The molecule has 1 N–H and O–H groups in total. The Morgan fingerprint density at radius 2 is 2.33 bits per heavy atom. The average Bonchev–Trinajstić information content (AvgIpc) is 2.41. The highest BCUT2D eigenvalue weighted by Crippen LogP contribution is 2.38. The van der Waals surface area contributed by atoms with Crippen LogP contribution >= 0.6 is 0 Å². The minimum atomic E-state index is -0.817. The lowest BCUT2D eigenvalue weighted by Crippen LogP contribution is -2.33. The summed E-state index contributed by atoms with van der Waals surface area (Å²) in [5.41, 5.74) is 1.60. The van der Waals surface area contributed by atoms with Crippen molar-refractivity contribution in [3.05, 3.63) is 29.3 Å². The summed E-state index contributed by atoms with van der Waals surface area (Å²) in [6, 6.07) is 5.95. The molecule has 0 radical (unpaired) electrons. The van der Waals surface area contributed by atoms with Crippen LogP contribution in [-0.2, 0) is 11.2 Å². The summed E-state index contributed by atoms with van der Waals surface area (Å²) in [4.78, 5) is 10.7. The molecule has 0 saturated carbocycles. The van der Waals surface area contributed by atoms with Crippen LogP contribution in [0.25, 0.3) is 0 Å². The molecule has 0 amide bonds. The summed E-state index contributed by atoms with van der Waals surface area (Å²) in [5, 5.41) is 8.81. The zero-order valence-electron chi connectivity index (χ0n) is 8.91. The fraction of sp³-hybridized carbons (Fsp3) is 0.417. The van der Waals surface area contributed by atoms with E-state index in [0.717, 1.165) is 16.9 Å². The monoisotopic (exact) mass is 206 g/mol. The van der Waals surface area contributed by atoms with Crippen molar-refractivity contribution < 1.29 is 14.6 Å². The van der Waals surface area contributed by atoms with E-state index in [1.165, 1.54) is 0 Å². The summed E-state index contributed by atoms with van der Waals surface area (Å²) in [5.74, 6) is 0.0456. The van der Waals surface area contributed by atoms with Crippen LogP contribution in [0.15, 0.2) is 18.2 Å². The highest BCUT2D eigenvalue weighted by Gasteiger charge is 2.37. The molecular weight excluding hydrogens is 192 g/mol. The van der Waals surface area contributed by atoms with Gasteiger partial charge in [-0.2, -0.15) is 0 Å². The van der Waals surface area contributed by atoms with Crippen molar-refractivity contribution >= 4 is 5.97 Å². The molecule has 0 bridgehead atoms. The van der Waals surface area contributed by atoms with E-state index in [2.05, 4.69) is 0 Å². The Kier molecular flexibility index (Phi) is 2.18. The van der Waals surface area contributed by atoms with Crippen LogP contribution in [-0.4, -0.2) is 16.7 Å². The molecule has 2 rings (SSSR count). The van der Waals surface area contributed by atoms with E-state index < -0.39 is 11.6 Å². The van der Waals surface area contributed by atoms with Gasteiger partial charge in [-0.05, 0) is 25.0 Å². The van der Waals surface area contributed by atoms with E-state index >= 15 is 0 Å². The van der Waals surface area contributed by atoms with Crippen LogP contribution in [0.4, 0.5) is 0 Å². The van der Waals surface area contributed by atoms with Crippen molar-refractivity contribution in [1.29, 1.82) is 0 Å². The topological polar surface area (TPSA) is 46.5 Å². The minimum Gasteiger partial charge on any atom is -0.486 e. The maximum absolute atomic E-state index is 10.7. The first kappa shape index (κ1) is 10.0. The summed E-state index contributed by atoms with van der Waals surface area (Å²) >= 11 is 0. The number of fused-ring (bicyclic) bond motifs is 1. The molecule has 15 heavy (non-hydrogen) atoms. The maximum atomic E-state index is 10.7. The zero-order chi connectivity index (χ0) is 11.1. The summed E-state index contributed by atoms with van der Waals surface area (Å²) < 4.78 is 5.76. The Morgan fingerprint density at radius 1 is 1.60 bits per heavy atom. The molecule has 1 aromatic rings. The maximum Gasteiger partial charge on any atom is 0.307 e. The predicted molar refractivity (Wildman–Crippen MR) is 56.2 cm³/mol. The molecule has 3 heteroatoms. The quantitative estimate of drug-likeness (QED) is 0.806. The van der Waals surface area contributed by atoms with Gasteiger partial charge in [0, 0.05) is 6.42 Å². The molecule has 0 saturated heterocycles. The number of aliphatic carboxylic acids is 1. The van der Waals surface area contributed by atoms with Gasteiger partial charge in [-0.15, -0.1) is 0 Å². The first-order valence-electron chi connectivity index (χ1n) is 4.99. The van der Waals surface area contributed by atoms with Gasteiger partial charge in [0.05, 0.1) is 6.42 Å². The molecule has 1 aromatic carbocycles. The number of rotatable bonds is 2. The zero-order valence-corrected chi connectivity index (χ0v) is 8.91. The lowest BCUT2D eigenvalue weighted by molar-refractivity contribution is -0.140. The predicted octanol–water partition coefficient (Wildman–Crippen LogP) is 2.16. The summed E-state index contributed by atoms with van der Waals surface area (Å²) in [6.45, 7) is 3.83. The first-order valence-corrected chi connectivity index (χ1v) is 4.99. The number of ether oxygens (including phenoxy) is 1. The van der Waals surface area contributed by atoms with Gasteiger partial charge in [-0.3, -0.25) is 4.79 Å². The molecule has 1 aliphatic rings. The second-order valence-electron chi connectivity index (χ2n) is 4.36. The second kappa shape index (κ2) is 3.26. The minimum absolute atomic E-state index is 0.0428. The van der Waals surface area contributed by atoms with Gasteiger partial charge in [0.15, 0.2) is 0 Å². The highest BCUT2D eigenvalue weighted by atomic mass is 16.5. The van der Waals surface area contributed by atoms with Crippen molar-refractivity contribution in [1.82, 2.24) is 0 Å². The molecule has 0 aromatic heterocycles. The lowest BCUT2D eigenvalue weighted by atomic mass is 9.95. The fourth-order valence-electron chi connectivity index (χ4n) is 2.10. The molecule has 80 valence electrons. The van der Waals surface area contributed by atoms with E-state index in [1.807, 2.05) is 32.0 Å². The standard InChI is InChI=1S/C12H14O3/c1-8-4-3-5-9-6-12(2,7-10(13)14)15-11(8)9/h3-5H,6-7H2,1-2H3,(H,13,14). The number of aryl methyl sites for hydroxylation is 1. The van der Waals surface area contributed by atoms with Crippen LogP contribution in [0.2, 0.25) is 0 Å². The lowest BCUT2D eigenvalue weighted by Gasteiger charge is -2.21. The van der Waals surface area contributed by atoms with Crippen LogP contribution in [0.5, 0.6) is 5.75 Å². The number of carboxylic acids is 1. The fourth-order valence-corrected chi connectivity index (χ4v) is 2.10. The van der Waals surface area contributed by atoms with Crippen molar-refractivity contribution in [3.8, 4) is 5.75 Å². The Hall–Kier alpha value is -1.51. The average molecular weight is 206 g/mol. The van der Waals surface area contributed by atoms with E-state index in [1.54, 1.807) is 0 Å². The van der Waals surface area contributed by atoms with Gasteiger partial charge in [0.1, 0.15) is 11.4 Å². The van der Waals surface area contributed by atoms with Crippen molar-refractivity contribution in [2.24, 2.45) is 0 Å². The normalized spacial score (nSPS) is 23.3. The Bertz CT molecular complexity index is 411. The van der Waals surface area contributed by atoms with Crippen molar-refractivity contribution in [2.45, 2.75) is 32.3 Å². The van der Waals surface area contributed by atoms with Crippen LogP contribution < -0.4 is 4.74 Å².